The van der Waals surface area contributed by atoms with Crippen LogP contribution in [0.25, 0.3) is 0 Å². The van der Waals surface area contributed by atoms with Crippen molar-refractivity contribution in [2.75, 3.05) is 7.11 Å². The highest BCUT2D eigenvalue weighted by Crippen LogP contribution is 2.46. The molecule has 0 aliphatic carbocycles. The number of carbonyl (C=O) groups excluding carboxylic acids is 1. The van der Waals surface area contributed by atoms with Gasteiger partial charge in [-0.2, -0.15) is 0 Å². The van der Waals surface area contributed by atoms with Crippen LogP contribution in [0, 0.1) is 0 Å². The second-order valence-electron chi connectivity index (χ2n) is 8.34. The van der Waals surface area contributed by atoms with Crippen LogP contribution in [0.5, 0.6) is 0 Å². The van der Waals surface area contributed by atoms with E-state index in [1.165, 1.54) is 0 Å². The second kappa shape index (κ2) is 6.61. The van der Waals surface area contributed by atoms with Crippen LogP contribution < -0.4 is 0 Å². The molecule has 0 saturated carbocycles. The molecule has 2 aliphatic heterocycles. The molecule has 2 unspecified atom stereocenters. The summed E-state index contributed by atoms with van der Waals surface area (Å²) in [5.41, 5.74) is 0.634. The highest BCUT2D eigenvalue weighted by molar-refractivity contribution is 5.69. The first-order valence-corrected chi connectivity index (χ1v) is 9.04. The van der Waals surface area contributed by atoms with Crippen molar-refractivity contribution in [1.29, 1.82) is 0 Å². The van der Waals surface area contributed by atoms with E-state index in [9.17, 15) is 9.90 Å². The third-order valence-electron chi connectivity index (χ3n) is 5.17. The molecule has 138 valence electrons. The summed E-state index contributed by atoms with van der Waals surface area (Å²) in [6.07, 6.45) is 2.72. The summed E-state index contributed by atoms with van der Waals surface area (Å²) in [7, 11) is 1.67. The Morgan fingerprint density at radius 3 is 2.24 bits per heavy atom. The van der Waals surface area contributed by atoms with E-state index in [1.54, 1.807) is 7.11 Å². The van der Waals surface area contributed by atoms with Crippen LogP contribution in [0.3, 0.4) is 0 Å². The summed E-state index contributed by atoms with van der Waals surface area (Å²) in [6, 6.07) is 8.04. The van der Waals surface area contributed by atoms with Gasteiger partial charge in [-0.3, -0.25) is 0 Å². The van der Waals surface area contributed by atoms with Crippen molar-refractivity contribution in [1.82, 2.24) is 4.90 Å². The van der Waals surface area contributed by atoms with Crippen molar-refractivity contribution >= 4 is 6.09 Å². The Labute approximate surface area is 149 Å². The van der Waals surface area contributed by atoms with Crippen molar-refractivity contribution in [3.05, 3.63) is 35.4 Å². The molecule has 5 heteroatoms. The molecule has 0 radical (unpaired) electrons. The molecule has 0 spiro atoms. The molecule has 2 atom stereocenters. The maximum absolute atomic E-state index is 12.5. The molecule has 2 saturated heterocycles. The molecule has 3 rings (SSSR count). The van der Waals surface area contributed by atoms with E-state index in [2.05, 4.69) is 0 Å². The van der Waals surface area contributed by atoms with Crippen molar-refractivity contribution in [2.45, 2.75) is 76.3 Å². The number of nitrogens with zero attached hydrogens (tertiary/aromatic N) is 1. The lowest BCUT2D eigenvalue weighted by Crippen LogP contribution is -2.53. The van der Waals surface area contributed by atoms with Gasteiger partial charge in [-0.15, -0.1) is 0 Å². The van der Waals surface area contributed by atoms with Crippen LogP contribution in [-0.2, 0) is 21.7 Å². The van der Waals surface area contributed by atoms with Crippen molar-refractivity contribution in [3.8, 4) is 0 Å². The van der Waals surface area contributed by atoms with Gasteiger partial charge in [-0.25, -0.2) is 4.79 Å². The van der Waals surface area contributed by atoms with Gasteiger partial charge >= 0.3 is 6.09 Å². The second-order valence-corrected chi connectivity index (χ2v) is 8.34. The van der Waals surface area contributed by atoms with E-state index >= 15 is 0 Å². The minimum absolute atomic E-state index is 0.0391. The summed E-state index contributed by atoms with van der Waals surface area (Å²) in [5.74, 6) is 0. The van der Waals surface area contributed by atoms with E-state index in [-0.39, 0.29) is 18.2 Å². The number of hydrogen-bond donors (Lipinski definition) is 1. The Kier molecular flexibility index (Phi) is 4.82. The zero-order chi connectivity index (χ0) is 18.2. The minimum atomic E-state index is -0.879. The molecule has 2 bridgehead atoms. The fraction of sp³-hybridized carbons (Fsp3) is 0.650. The van der Waals surface area contributed by atoms with Crippen LogP contribution in [-0.4, -0.2) is 40.9 Å². The maximum Gasteiger partial charge on any atom is 0.410 e. The molecular formula is C20H29NO4. The first kappa shape index (κ1) is 18.2. The molecule has 1 aromatic carbocycles. The lowest BCUT2D eigenvalue weighted by atomic mass is 9.80. The van der Waals surface area contributed by atoms with E-state index < -0.39 is 11.2 Å². The van der Waals surface area contributed by atoms with Gasteiger partial charge in [0.1, 0.15) is 5.60 Å². The zero-order valence-corrected chi connectivity index (χ0v) is 15.6. The summed E-state index contributed by atoms with van der Waals surface area (Å²) >= 11 is 0. The van der Waals surface area contributed by atoms with Crippen molar-refractivity contribution in [2.24, 2.45) is 0 Å². The van der Waals surface area contributed by atoms with E-state index in [0.29, 0.717) is 19.4 Å². The van der Waals surface area contributed by atoms with Gasteiger partial charge < -0.3 is 19.5 Å². The summed E-state index contributed by atoms with van der Waals surface area (Å²) < 4.78 is 10.7. The molecule has 5 nitrogen and oxygen atoms in total. The Morgan fingerprint density at radius 2 is 1.76 bits per heavy atom. The number of carbonyl (C=O) groups is 1. The quantitative estimate of drug-likeness (QED) is 0.908. The standard InChI is InChI=1S/C20H29NO4/c1-19(2,3)25-18(22)21-16-9-10-17(21)12-20(23,11-16)15-7-5-14(6-8-15)13-24-4/h5-8,16-17,23H,9-13H2,1-4H3. The Balaban J connectivity index is 1.75. The maximum atomic E-state index is 12.5. The predicted octanol–water partition coefficient (Wildman–Crippen LogP) is 3.58. The van der Waals surface area contributed by atoms with E-state index in [1.807, 2.05) is 49.9 Å². The topological polar surface area (TPSA) is 59.0 Å². The van der Waals surface area contributed by atoms with E-state index in [4.69, 9.17) is 9.47 Å². The van der Waals surface area contributed by atoms with Crippen LogP contribution in [0.15, 0.2) is 24.3 Å². The molecule has 1 aromatic rings. The normalized spacial score (nSPS) is 28.9. The van der Waals surface area contributed by atoms with Crippen LogP contribution in [0.4, 0.5) is 4.79 Å². The Morgan fingerprint density at radius 1 is 1.20 bits per heavy atom. The summed E-state index contributed by atoms with van der Waals surface area (Å²) in [6.45, 7) is 6.22. The number of hydrogen-bond acceptors (Lipinski definition) is 4. The minimum Gasteiger partial charge on any atom is -0.444 e. The lowest BCUT2D eigenvalue weighted by molar-refractivity contribution is -0.0624. The molecule has 2 fully saturated rings. The number of amides is 1. The monoisotopic (exact) mass is 347 g/mol. The van der Waals surface area contributed by atoms with Crippen LogP contribution in [0.1, 0.15) is 57.6 Å². The zero-order valence-electron chi connectivity index (χ0n) is 15.6. The number of aliphatic hydroxyl groups is 1. The van der Waals surface area contributed by atoms with Gasteiger partial charge in [0.15, 0.2) is 0 Å². The van der Waals surface area contributed by atoms with Gasteiger partial charge in [0, 0.05) is 32.0 Å². The molecule has 25 heavy (non-hydrogen) atoms. The first-order chi connectivity index (χ1) is 11.7. The van der Waals surface area contributed by atoms with E-state index in [0.717, 1.165) is 24.0 Å². The molecule has 0 aromatic heterocycles. The molecular weight excluding hydrogens is 318 g/mol. The third-order valence-corrected chi connectivity index (χ3v) is 5.17. The number of fused-ring (bicyclic) bond motifs is 2. The van der Waals surface area contributed by atoms with Gasteiger partial charge in [0.25, 0.3) is 0 Å². The fourth-order valence-corrected chi connectivity index (χ4v) is 4.15. The molecule has 1 amide bonds. The number of ether oxygens (including phenoxy) is 2. The first-order valence-electron chi connectivity index (χ1n) is 9.04. The van der Waals surface area contributed by atoms with Crippen LogP contribution >= 0.6 is 0 Å². The summed E-state index contributed by atoms with van der Waals surface area (Å²) in [5, 5.41) is 11.3. The molecule has 1 N–H and O–H groups in total. The van der Waals surface area contributed by atoms with Crippen molar-refractivity contribution in [3.63, 3.8) is 0 Å². The van der Waals surface area contributed by atoms with Gasteiger partial charge in [0.2, 0.25) is 0 Å². The summed E-state index contributed by atoms with van der Waals surface area (Å²) in [4.78, 5) is 14.4. The van der Waals surface area contributed by atoms with Gasteiger partial charge in [0.05, 0.1) is 12.2 Å². The predicted molar refractivity (Wildman–Crippen MR) is 95.2 cm³/mol. The smallest absolute Gasteiger partial charge is 0.410 e. The number of rotatable bonds is 3. The lowest BCUT2D eigenvalue weighted by Gasteiger charge is -2.44. The SMILES string of the molecule is COCc1ccc(C2(O)CC3CCC(C2)N3C(=O)OC(C)(C)C)cc1. The Hall–Kier alpha value is -1.59. The Bertz CT molecular complexity index is 606. The number of methoxy groups -OCH3 is 1. The highest BCUT2D eigenvalue weighted by atomic mass is 16.6. The van der Waals surface area contributed by atoms with Crippen LogP contribution in [0.2, 0.25) is 0 Å². The third kappa shape index (κ3) is 3.82. The van der Waals surface area contributed by atoms with Gasteiger partial charge in [-0.1, -0.05) is 24.3 Å². The fourth-order valence-electron chi connectivity index (χ4n) is 4.15. The largest absolute Gasteiger partial charge is 0.444 e. The average Bonchev–Trinajstić information content (AvgIpc) is 2.79. The average molecular weight is 347 g/mol. The molecule has 2 aliphatic rings. The highest BCUT2D eigenvalue weighted by Gasteiger charge is 2.51. The number of benzene rings is 1. The van der Waals surface area contributed by atoms with Gasteiger partial charge in [-0.05, 0) is 44.7 Å². The molecule has 2 heterocycles. The van der Waals surface area contributed by atoms with Crippen molar-refractivity contribution < 1.29 is 19.4 Å². The number of piperidine rings is 1.